The Labute approximate surface area is 123 Å². The van der Waals surface area contributed by atoms with Crippen molar-refractivity contribution in [3.05, 3.63) is 0 Å². The minimum absolute atomic E-state index is 0.0298. The molecule has 6 unspecified atom stereocenters. The van der Waals surface area contributed by atoms with E-state index in [4.69, 9.17) is 5.73 Å². The predicted molar refractivity (Wildman–Crippen MR) is 82.4 cm³/mol. The Bertz CT molecular complexity index is 322. The van der Waals surface area contributed by atoms with Crippen molar-refractivity contribution in [2.75, 3.05) is 19.6 Å². The lowest BCUT2D eigenvalue weighted by Crippen LogP contribution is -2.43. The van der Waals surface area contributed by atoms with Crippen molar-refractivity contribution in [3.8, 4) is 0 Å². The second-order valence-electron chi connectivity index (χ2n) is 7.68. The van der Waals surface area contributed by atoms with E-state index >= 15 is 0 Å². The summed E-state index contributed by atoms with van der Waals surface area (Å²) < 4.78 is 0. The van der Waals surface area contributed by atoms with Gasteiger partial charge in [-0.15, -0.1) is 0 Å². The van der Waals surface area contributed by atoms with Gasteiger partial charge >= 0.3 is 0 Å². The second kappa shape index (κ2) is 6.33. The smallest absolute Gasteiger partial charge is 0.0583 e. The van der Waals surface area contributed by atoms with Gasteiger partial charge in [0.1, 0.15) is 0 Å². The molecule has 0 spiro atoms. The van der Waals surface area contributed by atoms with E-state index < -0.39 is 0 Å². The van der Waals surface area contributed by atoms with Crippen molar-refractivity contribution >= 4 is 0 Å². The molecule has 0 aromatic rings. The minimum Gasteiger partial charge on any atom is -0.393 e. The van der Waals surface area contributed by atoms with E-state index in [1.165, 1.54) is 51.6 Å². The van der Waals surface area contributed by atoms with Gasteiger partial charge in [0.2, 0.25) is 0 Å². The van der Waals surface area contributed by atoms with Gasteiger partial charge in [-0.25, -0.2) is 0 Å². The highest BCUT2D eigenvalue weighted by Crippen LogP contribution is 2.39. The third-order valence-electron chi connectivity index (χ3n) is 6.23. The van der Waals surface area contributed by atoms with Crippen LogP contribution < -0.4 is 5.73 Å². The molecule has 0 bridgehead atoms. The molecular weight excluding hydrogens is 248 g/mol. The Balaban J connectivity index is 1.52. The number of likely N-dealkylation sites (tertiary alicyclic amines) is 1. The molecule has 1 heterocycles. The highest BCUT2D eigenvalue weighted by Gasteiger charge is 2.42. The highest BCUT2D eigenvalue weighted by atomic mass is 16.3. The molecule has 2 saturated carbocycles. The van der Waals surface area contributed by atoms with E-state index in [0.29, 0.717) is 17.9 Å². The standard InChI is InChI=1S/C17H32N2O/c1-2-3-12-4-6-16(18)14(8-12)10-19-9-13-5-7-17(20)15(13)11-19/h12-17,20H,2-11,18H2,1H3. The average Bonchev–Trinajstić information content (AvgIpc) is 2.96. The van der Waals surface area contributed by atoms with Crippen LogP contribution >= 0.6 is 0 Å². The van der Waals surface area contributed by atoms with E-state index in [9.17, 15) is 5.11 Å². The Hall–Kier alpha value is -0.120. The maximum atomic E-state index is 10.0. The van der Waals surface area contributed by atoms with Crippen LogP contribution in [-0.2, 0) is 0 Å². The molecule has 20 heavy (non-hydrogen) atoms. The van der Waals surface area contributed by atoms with Gasteiger partial charge in [0.05, 0.1) is 6.10 Å². The number of aliphatic hydroxyl groups excluding tert-OH is 1. The molecule has 0 aromatic heterocycles. The van der Waals surface area contributed by atoms with E-state index in [2.05, 4.69) is 11.8 Å². The van der Waals surface area contributed by atoms with Crippen LogP contribution in [0.2, 0.25) is 0 Å². The van der Waals surface area contributed by atoms with E-state index in [-0.39, 0.29) is 6.10 Å². The fourth-order valence-corrected chi connectivity index (χ4v) is 5.07. The maximum Gasteiger partial charge on any atom is 0.0583 e. The number of nitrogens with two attached hydrogens (primary N) is 1. The number of aliphatic hydroxyl groups is 1. The van der Waals surface area contributed by atoms with Crippen molar-refractivity contribution in [2.24, 2.45) is 29.4 Å². The first kappa shape index (κ1) is 14.8. The molecule has 0 amide bonds. The monoisotopic (exact) mass is 280 g/mol. The van der Waals surface area contributed by atoms with Gasteiger partial charge in [-0.2, -0.15) is 0 Å². The molecule has 1 aliphatic heterocycles. The molecule has 3 N–H and O–H groups in total. The normalized spacial score (nSPS) is 45.8. The molecule has 0 radical (unpaired) electrons. The van der Waals surface area contributed by atoms with Crippen LogP contribution in [0.25, 0.3) is 0 Å². The molecule has 3 nitrogen and oxygen atoms in total. The van der Waals surface area contributed by atoms with Gasteiger partial charge in [-0.1, -0.05) is 19.8 Å². The topological polar surface area (TPSA) is 49.5 Å². The Morgan fingerprint density at radius 1 is 1.15 bits per heavy atom. The molecule has 3 heteroatoms. The molecular formula is C17H32N2O. The minimum atomic E-state index is -0.0298. The van der Waals surface area contributed by atoms with E-state index in [1.807, 2.05) is 0 Å². The Morgan fingerprint density at radius 2 is 2.00 bits per heavy atom. The highest BCUT2D eigenvalue weighted by molar-refractivity contribution is 4.95. The van der Waals surface area contributed by atoms with E-state index in [1.54, 1.807) is 0 Å². The molecule has 116 valence electrons. The third-order valence-corrected chi connectivity index (χ3v) is 6.23. The Morgan fingerprint density at radius 3 is 2.75 bits per heavy atom. The molecule has 1 saturated heterocycles. The quantitative estimate of drug-likeness (QED) is 0.830. The summed E-state index contributed by atoms with van der Waals surface area (Å²) in [5.41, 5.74) is 6.38. The molecule has 3 fully saturated rings. The molecule has 3 aliphatic rings. The first-order valence-electron chi connectivity index (χ1n) is 8.83. The predicted octanol–water partition coefficient (Wildman–Crippen LogP) is 2.23. The van der Waals surface area contributed by atoms with Gasteiger partial charge in [0, 0.05) is 31.6 Å². The number of fused-ring (bicyclic) bond motifs is 1. The number of hydrogen-bond donors (Lipinski definition) is 2. The lowest BCUT2D eigenvalue weighted by atomic mass is 9.76. The fourth-order valence-electron chi connectivity index (χ4n) is 5.07. The first-order valence-corrected chi connectivity index (χ1v) is 8.83. The van der Waals surface area contributed by atoms with Crippen LogP contribution in [0, 0.1) is 23.7 Å². The van der Waals surface area contributed by atoms with Crippen molar-refractivity contribution in [1.29, 1.82) is 0 Å². The fraction of sp³-hybridized carbons (Fsp3) is 1.00. The summed E-state index contributed by atoms with van der Waals surface area (Å²) in [6.07, 6.45) is 8.83. The molecule has 3 rings (SSSR count). The summed E-state index contributed by atoms with van der Waals surface area (Å²) in [4.78, 5) is 2.61. The number of hydrogen-bond acceptors (Lipinski definition) is 3. The molecule has 0 aromatic carbocycles. The third kappa shape index (κ3) is 3.05. The summed E-state index contributed by atoms with van der Waals surface area (Å²) in [5.74, 6) is 2.92. The van der Waals surface area contributed by atoms with Crippen molar-refractivity contribution in [1.82, 2.24) is 4.90 Å². The Kier molecular flexibility index (Phi) is 4.68. The van der Waals surface area contributed by atoms with Crippen molar-refractivity contribution < 1.29 is 5.11 Å². The van der Waals surface area contributed by atoms with Gasteiger partial charge < -0.3 is 15.7 Å². The van der Waals surface area contributed by atoms with Gasteiger partial charge in [0.15, 0.2) is 0 Å². The zero-order valence-electron chi connectivity index (χ0n) is 13.0. The van der Waals surface area contributed by atoms with Gasteiger partial charge in [-0.3, -0.25) is 0 Å². The lowest BCUT2D eigenvalue weighted by molar-refractivity contribution is 0.115. The molecule has 6 atom stereocenters. The van der Waals surface area contributed by atoms with Crippen LogP contribution in [0.1, 0.15) is 51.9 Å². The van der Waals surface area contributed by atoms with Crippen LogP contribution in [0.15, 0.2) is 0 Å². The molecule has 2 aliphatic carbocycles. The van der Waals surface area contributed by atoms with Crippen LogP contribution in [0.4, 0.5) is 0 Å². The summed E-state index contributed by atoms with van der Waals surface area (Å²) in [6, 6.07) is 0.411. The number of nitrogens with zero attached hydrogens (tertiary/aromatic N) is 1. The SMILES string of the molecule is CCCC1CCC(N)C(CN2CC3CCC(O)C3C2)C1. The lowest BCUT2D eigenvalue weighted by Gasteiger charge is -2.36. The number of rotatable bonds is 4. The second-order valence-corrected chi connectivity index (χ2v) is 7.68. The zero-order valence-corrected chi connectivity index (χ0v) is 13.0. The summed E-state index contributed by atoms with van der Waals surface area (Å²) in [7, 11) is 0. The van der Waals surface area contributed by atoms with Crippen LogP contribution in [-0.4, -0.2) is 41.8 Å². The summed E-state index contributed by atoms with van der Waals surface area (Å²) in [6.45, 7) is 5.81. The first-order chi connectivity index (χ1) is 9.67. The van der Waals surface area contributed by atoms with Crippen LogP contribution in [0.3, 0.4) is 0 Å². The average molecular weight is 280 g/mol. The van der Waals surface area contributed by atoms with E-state index in [0.717, 1.165) is 24.8 Å². The van der Waals surface area contributed by atoms with Gasteiger partial charge in [-0.05, 0) is 49.9 Å². The largest absolute Gasteiger partial charge is 0.393 e. The summed E-state index contributed by atoms with van der Waals surface area (Å²) in [5, 5.41) is 10.0. The van der Waals surface area contributed by atoms with Crippen molar-refractivity contribution in [3.63, 3.8) is 0 Å². The van der Waals surface area contributed by atoms with Crippen LogP contribution in [0.5, 0.6) is 0 Å². The van der Waals surface area contributed by atoms with Crippen molar-refractivity contribution in [2.45, 2.75) is 64.0 Å². The maximum absolute atomic E-state index is 10.0. The zero-order chi connectivity index (χ0) is 14.1. The summed E-state index contributed by atoms with van der Waals surface area (Å²) >= 11 is 0. The van der Waals surface area contributed by atoms with Gasteiger partial charge in [0.25, 0.3) is 0 Å².